The van der Waals surface area contributed by atoms with Crippen molar-refractivity contribution in [2.45, 2.75) is 26.8 Å². The molecule has 0 aliphatic rings. The number of hydrogen-bond acceptors (Lipinski definition) is 4. The van der Waals surface area contributed by atoms with Gasteiger partial charge in [0.25, 0.3) is 5.56 Å². The summed E-state index contributed by atoms with van der Waals surface area (Å²) in [6.45, 7) is 4.29. The number of rotatable bonds is 3. The van der Waals surface area contributed by atoms with E-state index >= 15 is 0 Å². The van der Waals surface area contributed by atoms with Gasteiger partial charge < -0.3 is 0 Å². The number of aryl methyl sites for hydroxylation is 2. The number of H-pyrrole nitrogens is 1. The second kappa shape index (κ2) is 4.70. The highest BCUT2D eigenvalue weighted by atomic mass is 32.1. The molecule has 4 nitrogen and oxygen atoms in total. The van der Waals surface area contributed by atoms with Crippen molar-refractivity contribution in [2.24, 2.45) is 0 Å². The Morgan fingerprint density at radius 2 is 2.06 bits per heavy atom. The van der Waals surface area contributed by atoms with Gasteiger partial charge in [0.05, 0.1) is 5.39 Å². The lowest BCUT2D eigenvalue weighted by Gasteiger charge is -2.03. The lowest BCUT2D eigenvalue weighted by atomic mass is 10.2. The molecule has 2 rings (SSSR count). The van der Waals surface area contributed by atoms with Crippen LogP contribution in [0.3, 0.4) is 0 Å². The van der Waals surface area contributed by atoms with Crippen molar-refractivity contribution in [3.63, 3.8) is 0 Å². The highest BCUT2D eigenvalue weighted by molar-refractivity contribution is 7.80. The number of nitrogens with zero attached hydrogens (tertiary/aromatic N) is 1. The standard InChI is InChI=1S/C11H14N2O2S2/c1-6-7(2)17-9-8(6)10(14)13(4-3-5-16)11(15)12-9/h16H,3-5H2,1-2H3,(H,12,15). The number of aromatic nitrogens is 2. The summed E-state index contributed by atoms with van der Waals surface area (Å²) >= 11 is 5.55. The molecular formula is C11H14N2O2S2. The predicted molar refractivity (Wildman–Crippen MR) is 74.6 cm³/mol. The molecule has 17 heavy (non-hydrogen) atoms. The first kappa shape index (κ1) is 12.4. The van der Waals surface area contributed by atoms with E-state index in [9.17, 15) is 9.59 Å². The molecule has 0 aliphatic heterocycles. The fourth-order valence-electron chi connectivity index (χ4n) is 1.80. The van der Waals surface area contributed by atoms with Crippen LogP contribution >= 0.6 is 24.0 Å². The predicted octanol–water partition coefficient (Wildman–Crippen LogP) is 1.69. The van der Waals surface area contributed by atoms with Crippen molar-refractivity contribution in [3.8, 4) is 0 Å². The fourth-order valence-corrected chi connectivity index (χ4v) is 2.98. The minimum absolute atomic E-state index is 0.188. The van der Waals surface area contributed by atoms with Crippen LogP contribution in [-0.4, -0.2) is 15.3 Å². The van der Waals surface area contributed by atoms with Crippen LogP contribution in [-0.2, 0) is 6.54 Å². The average Bonchev–Trinajstić information content (AvgIpc) is 2.54. The van der Waals surface area contributed by atoms with E-state index in [1.807, 2.05) is 13.8 Å². The molecule has 0 saturated heterocycles. The molecule has 0 saturated carbocycles. The molecule has 2 aromatic heterocycles. The molecule has 0 aliphatic carbocycles. The van der Waals surface area contributed by atoms with Crippen molar-refractivity contribution in [3.05, 3.63) is 31.3 Å². The van der Waals surface area contributed by atoms with Gasteiger partial charge in [0.15, 0.2) is 0 Å². The van der Waals surface area contributed by atoms with Gasteiger partial charge >= 0.3 is 5.69 Å². The minimum atomic E-state index is -0.328. The third-order valence-electron chi connectivity index (χ3n) is 2.85. The Bertz CT molecular complexity index is 666. The van der Waals surface area contributed by atoms with E-state index < -0.39 is 0 Å². The van der Waals surface area contributed by atoms with Gasteiger partial charge in [0.1, 0.15) is 4.83 Å². The quantitative estimate of drug-likeness (QED) is 0.834. The van der Waals surface area contributed by atoms with E-state index in [1.165, 1.54) is 15.9 Å². The molecule has 2 aromatic rings. The SMILES string of the molecule is Cc1sc2[nH]c(=O)n(CCCS)c(=O)c2c1C. The smallest absolute Gasteiger partial charge is 0.298 e. The van der Waals surface area contributed by atoms with Crippen molar-refractivity contribution >= 4 is 34.2 Å². The second-order valence-corrected chi connectivity index (χ2v) is 5.62. The summed E-state index contributed by atoms with van der Waals surface area (Å²) in [4.78, 5) is 28.5. The average molecular weight is 270 g/mol. The zero-order chi connectivity index (χ0) is 12.6. The first-order chi connectivity index (χ1) is 8.06. The summed E-state index contributed by atoms with van der Waals surface area (Å²) in [5.74, 6) is 0.658. The molecule has 0 spiro atoms. The highest BCUT2D eigenvalue weighted by Gasteiger charge is 2.13. The Morgan fingerprint density at radius 3 is 2.71 bits per heavy atom. The van der Waals surface area contributed by atoms with E-state index in [4.69, 9.17) is 0 Å². The molecule has 6 heteroatoms. The summed E-state index contributed by atoms with van der Waals surface area (Å²) in [6, 6.07) is 0. The van der Waals surface area contributed by atoms with Crippen molar-refractivity contribution in [1.82, 2.24) is 9.55 Å². The zero-order valence-corrected chi connectivity index (χ0v) is 11.5. The van der Waals surface area contributed by atoms with Crippen LogP contribution in [0.2, 0.25) is 0 Å². The molecule has 0 unspecified atom stereocenters. The zero-order valence-electron chi connectivity index (χ0n) is 9.74. The number of thiophene rings is 1. The molecule has 0 amide bonds. The molecule has 92 valence electrons. The van der Waals surface area contributed by atoms with Crippen LogP contribution in [0, 0.1) is 13.8 Å². The van der Waals surface area contributed by atoms with E-state index in [1.54, 1.807) is 0 Å². The maximum atomic E-state index is 12.2. The molecule has 0 radical (unpaired) electrons. The number of thiol groups is 1. The third-order valence-corrected chi connectivity index (χ3v) is 4.29. The van der Waals surface area contributed by atoms with E-state index in [-0.39, 0.29) is 11.2 Å². The Morgan fingerprint density at radius 1 is 1.35 bits per heavy atom. The van der Waals surface area contributed by atoms with Crippen LogP contribution in [0.15, 0.2) is 9.59 Å². The molecule has 0 atom stereocenters. The van der Waals surface area contributed by atoms with Gasteiger partial charge in [-0.3, -0.25) is 14.3 Å². The van der Waals surface area contributed by atoms with E-state index in [2.05, 4.69) is 17.6 Å². The van der Waals surface area contributed by atoms with E-state index in [0.717, 1.165) is 10.4 Å². The summed E-state index contributed by atoms with van der Waals surface area (Å²) in [7, 11) is 0. The third kappa shape index (κ3) is 2.07. The Hall–Kier alpha value is -1.01. The molecule has 0 bridgehead atoms. The number of aromatic amines is 1. The van der Waals surface area contributed by atoms with Gasteiger partial charge in [-0.1, -0.05) is 0 Å². The van der Waals surface area contributed by atoms with Crippen LogP contribution < -0.4 is 11.2 Å². The van der Waals surface area contributed by atoms with Gasteiger partial charge in [0.2, 0.25) is 0 Å². The summed E-state index contributed by atoms with van der Waals surface area (Å²) in [6.07, 6.45) is 0.708. The lowest BCUT2D eigenvalue weighted by molar-refractivity contribution is 0.628. The summed E-state index contributed by atoms with van der Waals surface area (Å²) in [5.41, 5.74) is 0.448. The molecule has 2 heterocycles. The minimum Gasteiger partial charge on any atom is -0.298 e. The lowest BCUT2D eigenvalue weighted by Crippen LogP contribution is -2.35. The molecule has 1 N–H and O–H groups in total. The van der Waals surface area contributed by atoms with Crippen LogP contribution in [0.1, 0.15) is 16.9 Å². The van der Waals surface area contributed by atoms with E-state index in [0.29, 0.717) is 28.9 Å². The monoisotopic (exact) mass is 270 g/mol. The topological polar surface area (TPSA) is 54.9 Å². The second-order valence-electron chi connectivity index (χ2n) is 3.95. The number of nitrogens with one attached hydrogen (secondary N) is 1. The molecular weight excluding hydrogens is 256 g/mol. The van der Waals surface area contributed by atoms with Crippen LogP contribution in [0.4, 0.5) is 0 Å². The van der Waals surface area contributed by atoms with Gasteiger partial charge in [-0.15, -0.1) is 11.3 Å². The van der Waals surface area contributed by atoms with Crippen molar-refractivity contribution < 1.29 is 0 Å². The normalized spacial score (nSPS) is 11.2. The number of fused-ring (bicyclic) bond motifs is 1. The Balaban J connectivity index is 2.74. The Kier molecular flexibility index (Phi) is 3.44. The largest absolute Gasteiger partial charge is 0.329 e. The van der Waals surface area contributed by atoms with Crippen LogP contribution in [0.5, 0.6) is 0 Å². The van der Waals surface area contributed by atoms with Gasteiger partial charge in [-0.2, -0.15) is 12.6 Å². The first-order valence-corrected chi connectivity index (χ1v) is 6.85. The van der Waals surface area contributed by atoms with Crippen molar-refractivity contribution in [1.29, 1.82) is 0 Å². The first-order valence-electron chi connectivity index (χ1n) is 5.40. The van der Waals surface area contributed by atoms with Crippen LogP contribution in [0.25, 0.3) is 10.2 Å². The maximum absolute atomic E-state index is 12.2. The fraction of sp³-hybridized carbons (Fsp3) is 0.455. The van der Waals surface area contributed by atoms with Crippen molar-refractivity contribution in [2.75, 3.05) is 5.75 Å². The van der Waals surface area contributed by atoms with Gasteiger partial charge in [0, 0.05) is 11.4 Å². The maximum Gasteiger partial charge on any atom is 0.329 e. The van der Waals surface area contributed by atoms with Gasteiger partial charge in [-0.05, 0) is 31.6 Å². The molecule has 0 aromatic carbocycles. The number of hydrogen-bond donors (Lipinski definition) is 2. The summed E-state index contributed by atoms with van der Waals surface area (Å²) in [5, 5.41) is 0.645. The Labute approximate surface area is 108 Å². The summed E-state index contributed by atoms with van der Waals surface area (Å²) < 4.78 is 1.26. The highest BCUT2D eigenvalue weighted by Crippen LogP contribution is 2.24. The molecule has 0 fully saturated rings. The van der Waals surface area contributed by atoms with Gasteiger partial charge in [-0.25, -0.2) is 4.79 Å².